The van der Waals surface area contributed by atoms with Crippen LogP contribution in [0.3, 0.4) is 0 Å². The highest BCUT2D eigenvalue weighted by molar-refractivity contribution is 7.90. The van der Waals surface area contributed by atoms with Gasteiger partial charge >= 0.3 is 0 Å². The van der Waals surface area contributed by atoms with Gasteiger partial charge in [0, 0.05) is 5.70 Å². The van der Waals surface area contributed by atoms with E-state index >= 15 is 0 Å². The van der Waals surface area contributed by atoms with Crippen LogP contribution < -0.4 is 4.72 Å². The van der Waals surface area contributed by atoms with E-state index in [0.717, 1.165) is 38.5 Å². The Kier molecular flexibility index (Phi) is 7.37. The maximum atomic E-state index is 12.4. The standard InChI is InChI=1S/C16H25NO2S/c1-3-5-9-12-15(4-2)17-20(18,19)16-13-10-7-6-8-11-14-16/h3-5,9,12,16-17H,1-2,6-8,10-11,13-14H2/b9-5-,15-12+. The molecule has 0 radical (unpaired) electrons. The van der Waals surface area contributed by atoms with Crippen molar-refractivity contribution in [3.8, 4) is 0 Å². The smallest absolute Gasteiger partial charge is 0.235 e. The molecule has 20 heavy (non-hydrogen) atoms. The summed E-state index contributed by atoms with van der Waals surface area (Å²) in [4.78, 5) is 0. The molecule has 1 aliphatic carbocycles. The summed E-state index contributed by atoms with van der Waals surface area (Å²) in [7, 11) is -3.32. The predicted molar refractivity (Wildman–Crippen MR) is 85.8 cm³/mol. The predicted octanol–water partition coefficient (Wildman–Crippen LogP) is 3.83. The molecule has 1 fully saturated rings. The van der Waals surface area contributed by atoms with Crippen LogP contribution in [0.1, 0.15) is 44.9 Å². The van der Waals surface area contributed by atoms with E-state index in [1.807, 2.05) is 0 Å². The molecule has 0 unspecified atom stereocenters. The molecule has 1 aliphatic rings. The first-order valence-corrected chi connectivity index (χ1v) is 8.78. The van der Waals surface area contributed by atoms with E-state index in [2.05, 4.69) is 17.9 Å². The normalized spacial score (nSPS) is 19.3. The summed E-state index contributed by atoms with van der Waals surface area (Å²) in [5, 5.41) is -0.283. The van der Waals surface area contributed by atoms with E-state index in [1.54, 1.807) is 24.3 Å². The van der Waals surface area contributed by atoms with Crippen LogP contribution in [0.25, 0.3) is 0 Å². The molecular formula is C16H25NO2S. The fourth-order valence-corrected chi connectivity index (χ4v) is 3.96. The van der Waals surface area contributed by atoms with Crippen LogP contribution in [-0.4, -0.2) is 13.7 Å². The molecule has 3 nitrogen and oxygen atoms in total. The Morgan fingerprint density at radius 3 is 2.15 bits per heavy atom. The molecule has 1 N–H and O–H groups in total. The minimum absolute atomic E-state index is 0.283. The zero-order valence-corrected chi connectivity index (χ0v) is 12.9. The van der Waals surface area contributed by atoms with E-state index in [-0.39, 0.29) is 5.25 Å². The largest absolute Gasteiger partial charge is 0.283 e. The van der Waals surface area contributed by atoms with E-state index in [9.17, 15) is 8.42 Å². The topological polar surface area (TPSA) is 46.2 Å². The summed E-state index contributed by atoms with van der Waals surface area (Å²) < 4.78 is 27.5. The van der Waals surface area contributed by atoms with Crippen molar-refractivity contribution in [3.05, 3.63) is 49.2 Å². The molecule has 112 valence electrons. The molecule has 0 amide bonds. The molecule has 1 saturated carbocycles. The Morgan fingerprint density at radius 1 is 1.00 bits per heavy atom. The van der Waals surface area contributed by atoms with Gasteiger partial charge in [-0.25, -0.2) is 8.42 Å². The molecular weight excluding hydrogens is 270 g/mol. The minimum Gasteiger partial charge on any atom is -0.283 e. The molecule has 0 aromatic rings. The highest BCUT2D eigenvalue weighted by Crippen LogP contribution is 2.22. The SMILES string of the molecule is C=C/C=C\C=C(/C=C)NS(=O)(=O)C1CCCCCCC1. The summed E-state index contributed by atoms with van der Waals surface area (Å²) in [6.45, 7) is 7.22. The molecule has 0 atom stereocenters. The molecule has 0 aliphatic heterocycles. The van der Waals surface area contributed by atoms with Crippen molar-refractivity contribution in [3.63, 3.8) is 0 Å². The average molecular weight is 295 g/mol. The summed E-state index contributed by atoms with van der Waals surface area (Å²) in [5.41, 5.74) is 0.505. The van der Waals surface area contributed by atoms with Crippen molar-refractivity contribution in [2.45, 2.75) is 50.2 Å². The van der Waals surface area contributed by atoms with Gasteiger partial charge in [0.25, 0.3) is 0 Å². The number of allylic oxidation sites excluding steroid dienone is 5. The Bertz CT molecular complexity index is 467. The number of rotatable bonds is 6. The first-order chi connectivity index (χ1) is 9.60. The van der Waals surface area contributed by atoms with Gasteiger partial charge in [0.2, 0.25) is 10.0 Å². The third-order valence-corrected chi connectivity index (χ3v) is 5.36. The zero-order chi connectivity index (χ0) is 14.8. The van der Waals surface area contributed by atoms with Gasteiger partial charge in [-0.3, -0.25) is 4.72 Å². The van der Waals surface area contributed by atoms with Crippen LogP contribution in [0.2, 0.25) is 0 Å². The molecule has 0 aromatic heterocycles. The zero-order valence-electron chi connectivity index (χ0n) is 12.1. The third-order valence-electron chi connectivity index (χ3n) is 3.49. The Morgan fingerprint density at radius 2 is 1.60 bits per heavy atom. The lowest BCUT2D eigenvalue weighted by atomic mass is 10.0. The molecule has 0 bridgehead atoms. The molecule has 0 saturated heterocycles. The Labute approximate surface area is 123 Å². The second kappa shape index (κ2) is 8.80. The van der Waals surface area contributed by atoms with Gasteiger partial charge in [-0.1, -0.05) is 63.5 Å². The molecule has 0 spiro atoms. The summed E-state index contributed by atoms with van der Waals surface area (Å²) in [6.07, 6.45) is 15.3. The molecule has 1 rings (SSSR count). The van der Waals surface area contributed by atoms with Crippen LogP contribution in [0.5, 0.6) is 0 Å². The van der Waals surface area contributed by atoms with Crippen LogP contribution in [0.15, 0.2) is 49.2 Å². The Balaban J connectivity index is 2.75. The minimum atomic E-state index is -3.32. The summed E-state index contributed by atoms with van der Waals surface area (Å²) in [6, 6.07) is 0. The van der Waals surface area contributed by atoms with Gasteiger partial charge in [0.1, 0.15) is 0 Å². The maximum Gasteiger partial charge on any atom is 0.235 e. The number of sulfonamides is 1. The van der Waals surface area contributed by atoms with E-state index < -0.39 is 10.0 Å². The van der Waals surface area contributed by atoms with Gasteiger partial charge in [0.15, 0.2) is 0 Å². The van der Waals surface area contributed by atoms with Crippen molar-refractivity contribution in [1.82, 2.24) is 4.72 Å². The van der Waals surface area contributed by atoms with Crippen LogP contribution in [-0.2, 0) is 10.0 Å². The number of hydrogen-bond donors (Lipinski definition) is 1. The maximum absolute atomic E-state index is 12.4. The van der Waals surface area contributed by atoms with Crippen molar-refractivity contribution in [2.24, 2.45) is 0 Å². The first kappa shape index (κ1) is 16.8. The molecule has 0 heterocycles. The van der Waals surface area contributed by atoms with E-state index in [0.29, 0.717) is 5.70 Å². The second-order valence-corrected chi connectivity index (χ2v) is 7.02. The second-order valence-electron chi connectivity index (χ2n) is 5.06. The van der Waals surface area contributed by atoms with Gasteiger partial charge in [-0.15, -0.1) is 0 Å². The van der Waals surface area contributed by atoms with E-state index in [4.69, 9.17) is 0 Å². The van der Waals surface area contributed by atoms with E-state index in [1.165, 1.54) is 12.5 Å². The van der Waals surface area contributed by atoms with Gasteiger partial charge in [0.05, 0.1) is 5.25 Å². The Hall–Kier alpha value is -1.29. The quantitative estimate of drug-likeness (QED) is 0.757. The lowest BCUT2D eigenvalue weighted by Crippen LogP contribution is -2.34. The van der Waals surface area contributed by atoms with Crippen molar-refractivity contribution in [2.75, 3.05) is 0 Å². The summed E-state index contributed by atoms with van der Waals surface area (Å²) in [5.74, 6) is 0. The highest BCUT2D eigenvalue weighted by Gasteiger charge is 2.25. The fourth-order valence-electron chi connectivity index (χ4n) is 2.36. The highest BCUT2D eigenvalue weighted by atomic mass is 32.2. The van der Waals surface area contributed by atoms with Crippen molar-refractivity contribution < 1.29 is 8.42 Å². The van der Waals surface area contributed by atoms with Gasteiger partial charge < -0.3 is 0 Å². The third kappa shape index (κ3) is 5.78. The van der Waals surface area contributed by atoms with Crippen LogP contribution in [0, 0.1) is 0 Å². The van der Waals surface area contributed by atoms with Gasteiger partial charge in [-0.2, -0.15) is 0 Å². The molecule has 4 heteroatoms. The average Bonchev–Trinajstić information content (AvgIpc) is 2.36. The van der Waals surface area contributed by atoms with Crippen LogP contribution >= 0.6 is 0 Å². The van der Waals surface area contributed by atoms with Gasteiger partial charge in [-0.05, 0) is 25.0 Å². The number of nitrogens with one attached hydrogen (secondary N) is 1. The lowest BCUT2D eigenvalue weighted by Gasteiger charge is -2.21. The summed E-state index contributed by atoms with van der Waals surface area (Å²) >= 11 is 0. The first-order valence-electron chi connectivity index (χ1n) is 7.23. The van der Waals surface area contributed by atoms with Crippen LogP contribution in [0.4, 0.5) is 0 Å². The fraction of sp³-hybridized carbons (Fsp3) is 0.500. The number of hydrogen-bond acceptors (Lipinski definition) is 2. The lowest BCUT2D eigenvalue weighted by molar-refractivity contribution is 0.485. The monoisotopic (exact) mass is 295 g/mol. The molecule has 0 aromatic carbocycles. The van der Waals surface area contributed by atoms with Crippen molar-refractivity contribution >= 4 is 10.0 Å². The van der Waals surface area contributed by atoms with Crippen molar-refractivity contribution in [1.29, 1.82) is 0 Å².